The molecule has 0 N–H and O–H groups in total. The highest BCUT2D eigenvalue weighted by Gasteiger charge is 2.18. The zero-order valence-corrected chi connectivity index (χ0v) is 11.8. The average molecular weight is 282 g/mol. The molecule has 0 radical (unpaired) electrons. The zero-order chi connectivity index (χ0) is 14.8. The summed E-state index contributed by atoms with van der Waals surface area (Å²) in [5, 5.41) is 6.13. The van der Waals surface area contributed by atoms with Crippen molar-refractivity contribution in [1.29, 1.82) is 0 Å². The van der Waals surface area contributed by atoms with Crippen LogP contribution >= 0.6 is 0 Å². The molecular weight excluding hydrogens is 268 g/mol. The van der Waals surface area contributed by atoms with Gasteiger partial charge in [0, 0.05) is 18.6 Å². The van der Waals surface area contributed by atoms with Crippen LogP contribution in [0.1, 0.15) is 17.5 Å². The van der Waals surface area contributed by atoms with Gasteiger partial charge >= 0.3 is 5.97 Å². The number of hydrogen-bond donors (Lipinski definition) is 0. The molecule has 0 saturated carbocycles. The monoisotopic (exact) mass is 282 g/mol. The topological polar surface area (TPSA) is 69.9 Å². The summed E-state index contributed by atoms with van der Waals surface area (Å²) in [6, 6.07) is 9.81. The van der Waals surface area contributed by atoms with Crippen LogP contribution in [-0.2, 0) is 11.8 Å². The van der Waals surface area contributed by atoms with Gasteiger partial charge in [-0.2, -0.15) is 4.98 Å². The number of ether oxygens (including phenoxy) is 1. The summed E-state index contributed by atoms with van der Waals surface area (Å²) in [4.78, 5) is 20.4. The Morgan fingerprint density at radius 3 is 2.90 bits per heavy atom. The van der Waals surface area contributed by atoms with E-state index in [-0.39, 0.29) is 5.82 Å². The molecule has 0 aliphatic carbocycles. The largest absolute Gasteiger partial charge is 0.460 e. The molecule has 3 aromatic rings. The maximum atomic E-state index is 11.7. The van der Waals surface area contributed by atoms with E-state index in [2.05, 4.69) is 15.1 Å². The van der Waals surface area contributed by atoms with Crippen LogP contribution in [0.15, 0.2) is 36.5 Å². The number of fused-ring (bicyclic) bond motifs is 1. The summed E-state index contributed by atoms with van der Waals surface area (Å²) in [5.74, 6) is 0.0542. The lowest BCUT2D eigenvalue weighted by Gasteiger charge is -2.03. The Kier molecular flexibility index (Phi) is 3.35. The molecule has 0 aliphatic rings. The lowest BCUT2D eigenvalue weighted by molar-refractivity contribution is 0.0512. The fraction of sp³-hybridized carbons (Fsp3) is 0.200. The van der Waals surface area contributed by atoms with Crippen LogP contribution in [0.3, 0.4) is 0 Å². The minimum Gasteiger partial charge on any atom is -0.460 e. The highest BCUT2D eigenvalue weighted by Crippen LogP contribution is 2.24. The molecule has 6 nitrogen and oxygen atoms in total. The zero-order valence-electron chi connectivity index (χ0n) is 11.8. The quantitative estimate of drug-likeness (QED) is 0.689. The van der Waals surface area contributed by atoms with E-state index in [9.17, 15) is 4.79 Å². The number of hydrogen-bond acceptors (Lipinski definition) is 5. The van der Waals surface area contributed by atoms with E-state index in [4.69, 9.17) is 4.74 Å². The van der Waals surface area contributed by atoms with Gasteiger partial charge in [0.15, 0.2) is 5.82 Å². The molecule has 6 heteroatoms. The molecule has 3 rings (SSSR count). The van der Waals surface area contributed by atoms with Crippen molar-refractivity contribution in [2.45, 2.75) is 6.92 Å². The standard InChI is InChI=1S/C15H14N4O2/c1-3-21-15(20)13-17-14(19(2)18-13)12-11-7-5-4-6-10(11)8-9-16-12/h4-9H,3H2,1-2H3. The van der Waals surface area contributed by atoms with Gasteiger partial charge in [-0.15, -0.1) is 5.10 Å². The molecule has 0 amide bonds. The van der Waals surface area contributed by atoms with E-state index in [1.165, 1.54) is 0 Å². The van der Waals surface area contributed by atoms with Gasteiger partial charge in [0.2, 0.25) is 0 Å². The molecule has 0 unspecified atom stereocenters. The van der Waals surface area contributed by atoms with E-state index in [0.29, 0.717) is 18.1 Å². The van der Waals surface area contributed by atoms with Crippen molar-refractivity contribution in [2.24, 2.45) is 7.05 Å². The predicted octanol–water partition coefficient (Wildman–Crippen LogP) is 2.21. The number of carbonyl (C=O) groups is 1. The number of rotatable bonds is 3. The Morgan fingerprint density at radius 2 is 2.10 bits per heavy atom. The van der Waals surface area contributed by atoms with Crippen molar-refractivity contribution in [3.63, 3.8) is 0 Å². The van der Waals surface area contributed by atoms with Crippen molar-refractivity contribution in [1.82, 2.24) is 19.7 Å². The molecular formula is C15H14N4O2. The van der Waals surface area contributed by atoms with Crippen LogP contribution in [0.5, 0.6) is 0 Å². The lowest BCUT2D eigenvalue weighted by Crippen LogP contribution is -2.07. The van der Waals surface area contributed by atoms with Gasteiger partial charge < -0.3 is 4.74 Å². The van der Waals surface area contributed by atoms with E-state index in [1.807, 2.05) is 30.3 Å². The summed E-state index contributed by atoms with van der Waals surface area (Å²) < 4.78 is 6.46. The normalized spacial score (nSPS) is 10.8. The molecule has 1 aromatic carbocycles. The second-order valence-corrected chi connectivity index (χ2v) is 4.48. The highest BCUT2D eigenvalue weighted by atomic mass is 16.5. The maximum absolute atomic E-state index is 11.7. The molecule has 0 spiro atoms. The molecule has 2 heterocycles. The molecule has 0 saturated heterocycles. The third-order valence-corrected chi connectivity index (χ3v) is 3.11. The van der Waals surface area contributed by atoms with Crippen LogP contribution in [0.4, 0.5) is 0 Å². The number of aromatic nitrogens is 4. The second-order valence-electron chi connectivity index (χ2n) is 4.48. The molecule has 106 valence electrons. The fourth-order valence-corrected chi connectivity index (χ4v) is 2.17. The molecule has 0 bridgehead atoms. The first kappa shape index (κ1) is 13.2. The van der Waals surface area contributed by atoms with Gasteiger partial charge in [0.25, 0.3) is 5.82 Å². The van der Waals surface area contributed by atoms with Gasteiger partial charge in [-0.3, -0.25) is 4.98 Å². The Labute approximate surface area is 121 Å². The van der Waals surface area contributed by atoms with Crippen molar-refractivity contribution in [3.8, 4) is 11.5 Å². The molecule has 21 heavy (non-hydrogen) atoms. The van der Waals surface area contributed by atoms with Crippen LogP contribution in [0.25, 0.3) is 22.3 Å². The molecule has 2 aromatic heterocycles. The minimum absolute atomic E-state index is 0.0454. The van der Waals surface area contributed by atoms with Gasteiger partial charge in [0.05, 0.1) is 6.61 Å². The predicted molar refractivity (Wildman–Crippen MR) is 77.7 cm³/mol. The third kappa shape index (κ3) is 2.35. The highest BCUT2D eigenvalue weighted by molar-refractivity contribution is 5.93. The second kappa shape index (κ2) is 5.32. The summed E-state index contributed by atoms with van der Waals surface area (Å²) in [7, 11) is 1.73. The Morgan fingerprint density at radius 1 is 1.29 bits per heavy atom. The average Bonchev–Trinajstić information content (AvgIpc) is 2.89. The Bertz CT molecular complexity index is 805. The van der Waals surface area contributed by atoms with E-state index >= 15 is 0 Å². The number of pyridine rings is 1. The van der Waals surface area contributed by atoms with Crippen molar-refractivity contribution in [3.05, 3.63) is 42.4 Å². The van der Waals surface area contributed by atoms with Crippen molar-refractivity contribution < 1.29 is 9.53 Å². The Hall–Kier alpha value is -2.76. The number of nitrogens with zero attached hydrogens (tertiary/aromatic N) is 4. The Balaban J connectivity index is 2.13. The first-order valence-electron chi connectivity index (χ1n) is 6.63. The summed E-state index contributed by atoms with van der Waals surface area (Å²) in [5.41, 5.74) is 0.693. The van der Waals surface area contributed by atoms with E-state index < -0.39 is 5.97 Å². The SMILES string of the molecule is CCOC(=O)c1nc(-c2nccc3ccccc23)n(C)n1. The fourth-order valence-electron chi connectivity index (χ4n) is 2.17. The number of esters is 1. The number of aryl methyl sites for hydroxylation is 1. The van der Waals surface area contributed by atoms with Crippen LogP contribution in [0.2, 0.25) is 0 Å². The molecule has 0 atom stereocenters. The maximum Gasteiger partial charge on any atom is 0.378 e. The van der Waals surface area contributed by atoms with Crippen LogP contribution in [-0.4, -0.2) is 32.3 Å². The van der Waals surface area contributed by atoms with Gasteiger partial charge in [-0.05, 0) is 18.4 Å². The van der Waals surface area contributed by atoms with Crippen LogP contribution < -0.4 is 0 Å². The number of benzene rings is 1. The first-order valence-corrected chi connectivity index (χ1v) is 6.63. The summed E-state index contributed by atoms with van der Waals surface area (Å²) >= 11 is 0. The van der Waals surface area contributed by atoms with Gasteiger partial charge in [-0.1, -0.05) is 24.3 Å². The third-order valence-electron chi connectivity index (χ3n) is 3.11. The van der Waals surface area contributed by atoms with Crippen molar-refractivity contribution >= 4 is 16.7 Å². The van der Waals surface area contributed by atoms with Crippen LogP contribution in [0, 0.1) is 0 Å². The molecule has 0 aliphatic heterocycles. The summed E-state index contributed by atoms with van der Waals surface area (Å²) in [6.45, 7) is 2.03. The van der Waals surface area contributed by atoms with E-state index in [1.54, 1.807) is 24.9 Å². The first-order chi connectivity index (χ1) is 10.2. The summed E-state index contributed by atoms with van der Waals surface area (Å²) in [6.07, 6.45) is 1.72. The van der Waals surface area contributed by atoms with Gasteiger partial charge in [-0.25, -0.2) is 9.48 Å². The number of carbonyl (C=O) groups excluding carboxylic acids is 1. The lowest BCUT2D eigenvalue weighted by atomic mass is 10.1. The van der Waals surface area contributed by atoms with Gasteiger partial charge in [0.1, 0.15) is 5.69 Å². The molecule has 0 fully saturated rings. The smallest absolute Gasteiger partial charge is 0.378 e. The van der Waals surface area contributed by atoms with Crippen molar-refractivity contribution in [2.75, 3.05) is 6.61 Å². The minimum atomic E-state index is -0.528. The van der Waals surface area contributed by atoms with E-state index in [0.717, 1.165) is 10.8 Å².